The zero-order valence-corrected chi connectivity index (χ0v) is 12.0. The average molecular weight is 293 g/mol. The summed E-state index contributed by atoms with van der Waals surface area (Å²) in [6, 6.07) is 7.15. The summed E-state index contributed by atoms with van der Waals surface area (Å²) in [6.45, 7) is 2.49. The second-order valence-electron chi connectivity index (χ2n) is 3.91. The minimum absolute atomic E-state index is 0.0337. The van der Waals surface area contributed by atoms with Crippen molar-refractivity contribution in [1.29, 1.82) is 0 Å². The lowest BCUT2D eigenvalue weighted by Gasteiger charge is -2.06. The minimum atomic E-state index is -1.08. The number of nitrogens with two attached hydrogens (primary N) is 1. The van der Waals surface area contributed by atoms with Gasteiger partial charge in [0.1, 0.15) is 22.2 Å². The number of carbonyl (C=O) groups is 1. The summed E-state index contributed by atoms with van der Waals surface area (Å²) in [4.78, 5) is 11.2. The molecule has 0 spiro atoms. The fraction of sp³-hybridized carbons (Fsp3) is 0.231. The summed E-state index contributed by atoms with van der Waals surface area (Å²) in [5, 5.41) is 13.8. The average Bonchev–Trinajstić information content (AvgIpc) is 2.77. The molecule has 0 fully saturated rings. The van der Waals surface area contributed by atoms with Gasteiger partial charge in [-0.3, -0.25) is 0 Å². The predicted octanol–water partition coefficient (Wildman–Crippen LogP) is 2.27. The molecule has 2 aromatic rings. The largest absolute Gasteiger partial charge is 0.494 e. The van der Waals surface area contributed by atoms with Crippen molar-refractivity contribution in [3.05, 3.63) is 29.8 Å². The van der Waals surface area contributed by atoms with E-state index in [2.05, 4.69) is 5.10 Å². The molecule has 0 bridgehead atoms. The molecular formula is C13H15N3O3S. The van der Waals surface area contributed by atoms with Crippen molar-refractivity contribution in [2.75, 3.05) is 18.6 Å². The number of thioether (sulfide) groups is 1. The fourth-order valence-electron chi connectivity index (χ4n) is 1.80. The molecule has 6 nitrogen and oxygen atoms in total. The Balaban J connectivity index is 2.44. The van der Waals surface area contributed by atoms with Crippen LogP contribution in [0.3, 0.4) is 0 Å². The van der Waals surface area contributed by atoms with Crippen LogP contribution >= 0.6 is 11.8 Å². The minimum Gasteiger partial charge on any atom is -0.494 e. The highest BCUT2D eigenvalue weighted by atomic mass is 32.2. The summed E-state index contributed by atoms with van der Waals surface area (Å²) >= 11 is 1.25. The van der Waals surface area contributed by atoms with Gasteiger partial charge in [0.15, 0.2) is 0 Å². The van der Waals surface area contributed by atoms with Crippen molar-refractivity contribution >= 4 is 23.5 Å². The lowest BCUT2D eigenvalue weighted by Crippen LogP contribution is -2.05. The quantitative estimate of drug-likeness (QED) is 0.822. The van der Waals surface area contributed by atoms with E-state index in [1.807, 2.05) is 6.92 Å². The van der Waals surface area contributed by atoms with Crippen LogP contribution in [0.1, 0.15) is 17.3 Å². The van der Waals surface area contributed by atoms with Crippen LogP contribution in [-0.4, -0.2) is 33.7 Å². The van der Waals surface area contributed by atoms with E-state index < -0.39 is 5.97 Å². The van der Waals surface area contributed by atoms with Crippen molar-refractivity contribution < 1.29 is 14.6 Å². The number of benzene rings is 1. The molecule has 0 aliphatic rings. The number of rotatable bonds is 5. The molecule has 3 N–H and O–H groups in total. The maximum Gasteiger partial charge on any atom is 0.342 e. The Kier molecular flexibility index (Phi) is 4.19. The topological polar surface area (TPSA) is 90.4 Å². The molecule has 7 heteroatoms. The van der Waals surface area contributed by atoms with Gasteiger partial charge in [0.25, 0.3) is 0 Å². The number of aromatic nitrogens is 2. The highest BCUT2D eigenvalue weighted by molar-refractivity contribution is 7.98. The van der Waals surface area contributed by atoms with E-state index in [0.717, 1.165) is 5.75 Å². The van der Waals surface area contributed by atoms with Crippen molar-refractivity contribution in [3.63, 3.8) is 0 Å². The predicted molar refractivity (Wildman–Crippen MR) is 77.9 cm³/mol. The third-order valence-electron chi connectivity index (χ3n) is 2.69. The number of aromatic carboxylic acids is 1. The first-order chi connectivity index (χ1) is 9.58. The molecule has 0 amide bonds. The van der Waals surface area contributed by atoms with Gasteiger partial charge in [-0.05, 0) is 37.4 Å². The molecular weight excluding hydrogens is 278 g/mol. The monoisotopic (exact) mass is 293 g/mol. The lowest BCUT2D eigenvalue weighted by atomic mass is 10.3. The zero-order valence-electron chi connectivity index (χ0n) is 11.2. The zero-order chi connectivity index (χ0) is 14.7. The Hall–Kier alpha value is -2.15. The molecule has 106 valence electrons. The van der Waals surface area contributed by atoms with Crippen LogP contribution in [0.5, 0.6) is 5.75 Å². The molecule has 0 saturated carbocycles. The smallest absolute Gasteiger partial charge is 0.342 e. The summed E-state index contributed by atoms with van der Waals surface area (Å²) in [5.74, 6) is -0.222. The highest BCUT2D eigenvalue weighted by Crippen LogP contribution is 2.27. The van der Waals surface area contributed by atoms with E-state index in [9.17, 15) is 9.90 Å². The molecule has 1 aromatic heterocycles. The molecule has 0 atom stereocenters. The molecule has 0 radical (unpaired) electrons. The van der Waals surface area contributed by atoms with Gasteiger partial charge < -0.3 is 15.6 Å². The van der Waals surface area contributed by atoms with Crippen LogP contribution in [0.25, 0.3) is 5.69 Å². The summed E-state index contributed by atoms with van der Waals surface area (Å²) in [7, 11) is 0. The molecule has 0 aliphatic carbocycles. The normalized spacial score (nSPS) is 10.5. The van der Waals surface area contributed by atoms with Gasteiger partial charge in [-0.1, -0.05) is 0 Å². The highest BCUT2D eigenvalue weighted by Gasteiger charge is 2.21. The van der Waals surface area contributed by atoms with Crippen molar-refractivity contribution in [2.45, 2.75) is 11.9 Å². The number of carboxylic acid groups (broad SMARTS) is 1. The Labute approximate surface area is 120 Å². The molecule has 0 unspecified atom stereocenters. The number of nitrogens with zero attached hydrogens (tertiary/aromatic N) is 2. The van der Waals surface area contributed by atoms with Crippen LogP contribution in [0.4, 0.5) is 5.82 Å². The molecule has 20 heavy (non-hydrogen) atoms. The van der Waals surface area contributed by atoms with Crippen molar-refractivity contribution in [2.24, 2.45) is 0 Å². The third kappa shape index (κ3) is 2.57. The number of anilines is 1. The van der Waals surface area contributed by atoms with Gasteiger partial charge in [-0.25, -0.2) is 9.48 Å². The van der Waals surface area contributed by atoms with Gasteiger partial charge in [-0.2, -0.15) is 5.10 Å². The fourth-order valence-corrected chi connectivity index (χ4v) is 2.36. The van der Waals surface area contributed by atoms with Crippen molar-refractivity contribution in [1.82, 2.24) is 9.78 Å². The number of carboxylic acids is 1. The van der Waals surface area contributed by atoms with E-state index in [4.69, 9.17) is 10.5 Å². The van der Waals surface area contributed by atoms with E-state index in [1.54, 1.807) is 30.5 Å². The number of hydrogen-bond acceptors (Lipinski definition) is 5. The molecule has 0 aliphatic heterocycles. The molecule has 2 rings (SSSR count). The third-order valence-corrected chi connectivity index (χ3v) is 3.36. The van der Waals surface area contributed by atoms with Gasteiger partial charge in [-0.15, -0.1) is 11.8 Å². The van der Waals surface area contributed by atoms with Gasteiger partial charge in [0.05, 0.1) is 12.3 Å². The molecule has 1 heterocycles. The summed E-state index contributed by atoms with van der Waals surface area (Å²) < 4.78 is 6.78. The van der Waals surface area contributed by atoms with Gasteiger partial charge in [0, 0.05) is 0 Å². The first kappa shape index (κ1) is 14.3. The van der Waals surface area contributed by atoms with Crippen LogP contribution < -0.4 is 10.5 Å². The maximum absolute atomic E-state index is 11.2. The number of hydrogen-bond donors (Lipinski definition) is 2. The first-order valence-electron chi connectivity index (χ1n) is 5.97. The summed E-state index contributed by atoms with van der Waals surface area (Å²) in [6.07, 6.45) is 1.76. The molecule has 1 aromatic carbocycles. The Morgan fingerprint density at radius 2 is 2.10 bits per heavy atom. The number of ether oxygens (including phenoxy) is 1. The van der Waals surface area contributed by atoms with Crippen LogP contribution in [0, 0.1) is 0 Å². The second-order valence-corrected chi connectivity index (χ2v) is 4.71. The Morgan fingerprint density at radius 3 is 2.55 bits per heavy atom. The summed E-state index contributed by atoms with van der Waals surface area (Å²) in [5.41, 5.74) is 6.61. The van der Waals surface area contributed by atoms with E-state index >= 15 is 0 Å². The van der Waals surface area contributed by atoms with E-state index in [-0.39, 0.29) is 11.4 Å². The lowest BCUT2D eigenvalue weighted by molar-refractivity contribution is 0.0694. The van der Waals surface area contributed by atoms with Crippen molar-refractivity contribution in [3.8, 4) is 11.4 Å². The van der Waals surface area contributed by atoms with Gasteiger partial charge in [0.2, 0.25) is 0 Å². The SMILES string of the molecule is CCOc1ccc(-n2nc(SC)c(C(=O)O)c2N)cc1. The standard InChI is InChI=1S/C13H15N3O3S/c1-3-19-9-6-4-8(5-7-9)16-11(14)10(13(17)18)12(15-16)20-2/h4-7H,3,14H2,1-2H3,(H,17,18). The molecule has 0 saturated heterocycles. The van der Waals surface area contributed by atoms with Crippen LogP contribution in [0.15, 0.2) is 29.3 Å². The second kappa shape index (κ2) is 5.87. The van der Waals surface area contributed by atoms with E-state index in [0.29, 0.717) is 17.3 Å². The van der Waals surface area contributed by atoms with E-state index in [1.165, 1.54) is 16.4 Å². The van der Waals surface area contributed by atoms with Gasteiger partial charge >= 0.3 is 5.97 Å². The van der Waals surface area contributed by atoms with Crippen LogP contribution in [-0.2, 0) is 0 Å². The Bertz CT molecular complexity index is 623. The Morgan fingerprint density at radius 1 is 1.45 bits per heavy atom. The maximum atomic E-state index is 11.2. The number of nitrogen functional groups attached to an aromatic ring is 1. The first-order valence-corrected chi connectivity index (χ1v) is 7.20. The van der Waals surface area contributed by atoms with Crippen LogP contribution in [0.2, 0.25) is 0 Å².